The van der Waals surface area contributed by atoms with Gasteiger partial charge in [0.1, 0.15) is 17.2 Å². The van der Waals surface area contributed by atoms with Gasteiger partial charge in [0.2, 0.25) is 0 Å². The second-order valence-electron chi connectivity index (χ2n) is 3.41. The van der Waals surface area contributed by atoms with Crippen molar-refractivity contribution in [3.8, 4) is 17.0 Å². The Morgan fingerprint density at radius 3 is 2.53 bits per heavy atom. The molecule has 0 spiro atoms. The highest BCUT2D eigenvalue weighted by Crippen LogP contribution is 2.31. The van der Waals surface area contributed by atoms with Crippen LogP contribution in [0.4, 0.5) is 0 Å². The fraction of sp³-hybridized carbons (Fsp3) is 0.250. The molecular weight excluding hydrogens is 190 g/mol. The summed E-state index contributed by atoms with van der Waals surface area (Å²) in [6.45, 7) is 3.90. The van der Waals surface area contributed by atoms with E-state index in [9.17, 15) is 0 Å². The van der Waals surface area contributed by atoms with Crippen molar-refractivity contribution in [1.82, 2.24) is 5.16 Å². The Bertz CT molecular complexity index is 474. The van der Waals surface area contributed by atoms with E-state index in [2.05, 4.69) is 5.16 Å². The summed E-state index contributed by atoms with van der Waals surface area (Å²) in [5, 5.41) is 4.04. The number of rotatable bonds is 2. The van der Waals surface area contributed by atoms with Gasteiger partial charge in [-0.25, -0.2) is 0 Å². The molecule has 0 bridgehead atoms. The molecule has 78 valence electrons. The van der Waals surface area contributed by atoms with Gasteiger partial charge in [-0.15, -0.1) is 0 Å². The molecule has 0 saturated heterocycles. The van der Waals surface area contributed by atoms with Crippen molar-refractivity contribution in [1.29, 1.82) is 0 Å². The number of para-hydroxylation sites is 1. The lowest BCUT2D eigenvalue weighted by Gasteiger charge is -2.05. The van der Waals surface area contributed by atoms with Crippen LogP contribution in [0.2, 0.25) is 0 Å². The maximum Gasteiger partial charge on any atom is 0.137 e. The summed E-state index contributed by atoms with van der Waals surface area (Å²) in [7, 11) is 1.65. The van der Waals surface area contributed by atoms with Crippen LogP contribution in [0.25, 0.3) is 11.3 Å². The first-order valence-electron chi connectivity index (χ1n) is 4.80. The lowest BCUT2D eigenvalue weighted by Crippen LogP contribution is -1.88. The van der Waals surface area contributed by atoms with Crippen LogP contribution in [0.15, 0.2) is 28.8 Å². The molecule has 0 saturated carbocycles. The molecule has 0 aliphatic rings. The predicted octanol–water partition coefficient (Wildman–Crippen LogP) is 2.97. The molecular formula is C12H13NO2. The van der Waals surface area contributed by atoms with Gasteiger partial charge in [-0.3, -0.25) is 0 Å². The third-order valence-electron chi connectivity index (χ3n) is 2.52. The Morgan fingerprint density at radius 1 is 1.20 bits per heavy atom. The SMILES string of the molecule is COc1ccccc1-c1noc(C)c1C. The highest BCUT2D eigenvalue weighted by atomic mass is 16.5. The highest BCUT2D eigenvalue weighted by molar-refractivity contribution is 5.69. The molecule has 0 atom stereocenters. The van der Waals surface area contributed by atoms with Crippen LogP contribution in [0, 0.1) is 13.8 Å². The van der Waals surface area contributed by atoms with E-state index in [4.69, 9.17) is 9.26 Å². The maximum absolute atomic E-state index is 5.28. The quantitative estimate of drug-likeness (QED) is 0.752. The number of methoxy groups -OCH3 is 1. The molecule has 0 N–H and O–H groups in total. The third-order valence-corrected chi connectivity index (χ3v) is 2.52. The topological polar surface area (TPSA) is 35.3 Å². The molecule has 1 heterocycles. The van der Waals surface area contributed by atoms with Crippen LogP contribution in [-0.4, -0.2) is 12.3 Å². The minimum Gasteiger partial charge on any atom is -0.496 e. The first-order valence-corrected chi connectivity index (χ1v) is 4.80. The lowest BCUT2D eigenvalue weighted by atomic mass is 10.1. The number of aromatic nitrogens is 1. The largest absolute Gasteiger partial charge is 0.496 e. The zero-order valence-corrected chi connectivity index (χ0v) is 9.07. The Hall–Kier alpha value is -1.77. The van der Waals surface area contributed by atoms with E-state index in [1.54, 1.807) is 7.11 Å². The van der Waals surface area contributed by atoms with Gasteiger partial charge in [-0.2, -0.15) is 0 Å². The number of hydrogen-bond donors (Lipinski definition) is 0. The van der Waals surface area contributed by atoms with Gasteiger partial charge in [0.25, 0.3) is 0 Å². The van der Waals surface area contributed by atoms with Crippen LogP contribution >= 0.6 is 0 Å². The molecule has 0 amide bonds. The summed E-state index contributed by atoms with van der Waals surface area (Å²) in [6.07, 6.45) is 0. The molecule has 0 aliphatic heterocycles. The van der Waals surface area contributed by atoms with Gasteiger partial charge in [0.05, 0.1) is 7.11 Å². The summed E-state index contributed by atoms with van der Waals surface area (Å²) in [5.41, 5.74) is 2.87. The van der Waals surface area contributed by atoms with Crippen LogP contribution in [0.3, 0.4) is 0 Å². The van der Waals surface area contributed by atoms with Gasteiger partial charge < -0.3 is 9.26 Å². The summed E-state index contributed by atoms with van der Waals surface area (Å²) < 4.78 is 10.4. The second kappa shape index (κ2) is 3.77. The molecule has 2 aromatic rings. The van der Waals surface area contributed by atoms with Gasteiger partial charge in [0, 0.05) is 11.1 Å². The van der Waals surface area contributed by atoms with Gasteiger partial charge >= 0.3 is 0 Å². The van der Waals surface area contributed by atoms with Crippen LogP contribution in [0.1, 0.15) is 11.3 Å². The van der Waals surface area contributed by atoms with E-state index in [0.717, 1.165) is 28.3 Å². The molecule has 1 aromatic carbocycles. The molecule has 1 aromatic heterocycles. The Balaban J connectivity index is 2.58. The van der Waals surface area contributed by atoms with Gasteiger partial charge in [0.15, 0.2) is 0 Å². The monoisotopic (exact) mass is 203 g/mol. The van der Waals surface area contributed by atoms with Crippen LogP contribution < -0.4 is 4.74 Å². The van der Waals surface area contributed by atoms with Crippen molar-refractivity contribution < 1.29 is 9.26 Å². The maximum atomic E-state index is 5.28. The summed E-state index contributed by atoms with van der Waals surface area (Å²) in [5.74, 6) is 1.66. The standard InChI is InChI=1S/C12H13NO2/c1-8-9(2)15-13-12(8)10-6-4-5-7-11(10)14-3/h4-7H,1-3H3. The molecule has 15 heavy (non-hydrogen) atoms. The molecule has 0 aliphatic carbocycles. The predicted molar refractivity (Wildman–Crippen MR) is 58.0 cm³/mol. The van der Waals surface area contributed by atoms with Crippen molar-refractivity contribution in [2.24, 2.45) is 0 Å². The molecule has 2 rings (SSSR count). The van der Waals surface area contributed by atoms with E-state index < -0.39 is 0 Å². The number of ether oxygens (including phenoxy) is 1. The zero-order chi connectivity index (χ0) is 10.8. The summed E-state index contributed by atoms with van der Waals surface area (Å²) in [6, 6.07) is 7.79. The van der Waals surface area contributed by atoms with E-state index in [0.29, 0.717) is 0 Å². The van der Waals surface area contributed by atoms with Crippen molar-refractivity contribution in [3.63, 3.8) is 0 Å². The fourth-order valence-electron chi connectivity index (χ4n) is 1.51. The number of benzene rings is 1. The molecule has 0 radical (unpaired) electrons. The highest BCUT2D eigenvalue weighted by Gasteiger charge is 2.13. The van der Waals surface area contributed by atoms with Gasteiger partial charge in [-0.05, 0) is 26.0 Å². The third kappa shape index (κ3) is 1.61. The normalized spacial score (nSPS) is 10.3. The zero-order valence-electron chi connectivity index (χ0n) is 9.07. The summed E-state index contributed by atoms with van der Waals surface area (Å²) >= 11 is 0. The van der Waals surface area contributed by atoms with Gasteiger partial charge in [-0.1, -0.05) is 17.3 Å². The average Bonchev–Trinajstić information content (AvgIpc) is 2.60. The number of aryl methyl sites for hydroxylation is 1. The number of hydrogen-bond acceptors (Lipinski definition) is 3. The molecule has 0 unspecified atom stereocenters. The first kappa shape index (κ1) is 9.77. The van der Waals surface area contributed by atoms with Crippen LogP contribution in [-0.2, 0) is 0 Å². The van der Waals surface area contributed by atoms with Crippen LogP contribution in [0.5, 0.6) is 5.75 Å². The molecule has 0 fully saturated rings. The Labute approximate surface area is 88.7 Å². The van der Waals surface area contributed by atoms with E-state index in [-0.39, 0.29) is 0 Å². The smallest absolute Gasteiger partial charge is 0.137 e. The van der Waals surface area contributed by atoms with Crippen molar-refractivity contribution in [3.05, 3.63) is 35.6 Å². The molecule has 3 nitrogen and oxygen atoms in total. The van der Waals surface area contributed by atoms with Crippen molar-refractivity contribution in [2.75, 3.05) is 7.11 Å². The fourth-order valence-corrected chi connectivity index (χ4v) is 1.51. The Morgan fingerprint density at radius 2 is 1.93 bits per heavy atom. The second-order valence-corrected chi connectivity index (χ2v) is 3.41. The average molecular weight is 203 g/mol. The van der Waals surface area contributed by atoms with Crippen molar-refractivity contribution in [2.45, 2.75) is 13.8 Å². The van der Waals surface area contributed by atoms with E-state index in [1.165, 1.54) is 0 Å². The van der Waals surface area contributed by atoms with Crippen molar-refractivity contribution >= 4 is 0 Å². The number of nitrogens with zero attached hydrogens (tertiary/aromatic N) is 1. The van der Waals surface area contributed by atoms with E-state index >= 15 is 0 Å². The first-order chi connectivity index (χ1) is 7.24. The minimum absolute atomic E-state index is 0.814. The minimum atomic E-state index is 0.814. The van der Waals surface area contributed by atoms with E-state index in [1.807, 2.05) is 38.1 Å². The molecule has 3 heteroatoms. The Kier molecular flexibility index (Phi) is 2.46. The lowest BCUT2D eigenvalue weighted by molar-refractivity contribution is 0.396. The summed E-state index contributed by atoms with van der Waals surface area (Å²) in [4.78, 5) is 0.